The molecule has 5 N–H and O–H groups in total. The van der Waals surface area contributed by atoms with Crippen molar-refractivity contribution in [2.75, 3.05) is 5.75 Å². The molecule has 0 bridgehead atoms. The summed E-state index contributed by atoms with van der Waals surface area (Å²) >= 11 is 0. The maximum absolute atomic E-state index is 11.6. The van der Waals surface area contributed by atoms with Gasteiger partial charge in [-0.1, -0.05) is 30.3 Å². The van der Waals surface area contributed by atoms with Crippen LogP contribution in [0.15, 0.2) is 30.3 Å². The smallest absolute Gasteiger partial charge is 0.238 e. The summed E-state index contributed by atoms with van der Waals surface area (Å²) in [6.07, 6.45) is 1.65. The first-order valence-electron chi connectivity index (χ1n) is 5.32. The van der Waals surface area contributed by atoms with Crippen molar-refractivity contribution in [3.8, 4) is 0 Å². The van der Waals surface area contributed by atoms with Crippen LogP contribution in [0.25, 0.3) is 0 Å². The third-order valence-corrected chi connectivity index (χ3v) is 3.11. The second kappa shape index (κ2) is 6.41. The standard InChI is InChI=1S/C11H14N3O4S/c12-9(7-19(13,17)18)11(16)14-10(6-15)8-4-2-1-3-5-8/h1-5,9-10H,7,12H2,(H,14,16)(H2,13,17,18). The van der Waals surface area contributed by atoms with E-state index < -0.39 is 33.8 Å². The first-order valence-corrected chi connectivity index (χ1v) is 7.04. The number of benzene rings is 1. The van der Waals surface area contributed by atoms with Gasteiger partial charge in [0.05, 0.1) is 11.8 Å². The van der Waals surface area contributed by atoms with Crippen LogP contribution in [0.5, 0.6) is 0 Å². The van der Waals surface area contributed by atoms with E-state index in [4.69, 9.17) is 10.9 Å². The fourth-order valence-electron chi connectivity index (χ4n) is 1.40. The van der Waals surface area contributed by atoms with Crippen molar-refractivity contribution in [1.82, 2.24) is 5.32 Å². The van der Waals surface area contributed by atoms with E-state index in [-0.39, 0.29) is 0 Å². The van der Waals surface area contributed by atoms with Gasteiger partial charge in [0.2, 0.25) is 22.2 Å². The Balaban J connectivity index is 2.72. The Morgan fingerprint density at radius 1 is 1.32 bits per heavy atom. The van der Waals surface area contributed by atoms with Crippen molar-refractivity contribution >= 4 is 22.2 Å². The number of carbonyl (C=O) groups excluding carboxylic acids is 2. The highest BCUT2D eigenvalue weighted by atomic mass is 32.2. The summed E-state index contributed by atoms with van der Waals surface area (Å²) < 4.78 is 21.6. The molecule has 0 fully saturated rings. The number of nitrogens with two attached hydrogens (primary N) is 2. The molecule has 0 saturated heterocycles. The number of carbonyl (C=O) groups is 1. The topological polar surface area (TPSA) is 132 Å². The van der Waals surface area contributed by atoms with Crippen molar-refractivity contribution in [2.24, 2.45) is 10.9 Å². The number of rotatable bonds is 6. The largest absolute Gasteiger partial charge is 0.340 e. The molecule has 7 nitrogen and oxygen atoms in total. The molecule has 1 aromatic rings. The predicted molar refractivity (Wildman–Crippen MR) is 69.0 cm³/mol. The molecule has 2 atom stereocenters. The van der Waals surface area contributed by atoms with E-state index in [1.165, 1.54) is 0 Å². The second-order valence-electron chi connectivity index (χ2n) is 3.91. The Bertz CT molecular complexity index is 544. The van der Waals surface area contributed by atoms with Crippen molar-refractivity contribution in [2.45, 2.75) is 12.1 Å². The van der Waals surface area contributed by atoms with Crippen LogP contribution in [0.3, 0.4) is 0 Å². The fourth-order valence-corrected chi connectivity index (χ4v) is 2.05. The van der Waals surface area contributed by atoms with Gasteiger partial charge in [-0.3, -0.25) is 9.59 Å². The summed E-state index contributed by atoms with van der Waals surface area (Å²) in [5.41, 5.74) is 5.91. The number of primary sulfonamides is 1. The summed E-state index contributed by atoms with van der Waals surface area (Å²) in [5, 5.41) is 7.08. The van der Waals surface area contributed by atoms with Crippen LogP contribution in [-0.2, 0) is 19.6 Å². The predicted octanol–water partition coefficient (Wildman–Crippen LogP) is -1.43. The van der Waals surface area contributed by atoms with Crippen LogP contribution in [0, 0.1) is 0 Å². The molecule has 0 heterocycles. The molecule has 103 valence electrons. The molecule has 2 unspecified atom stereocenters. The van der Waals surface area contributed by atoms with Crippen LogP contribution in [0.4, 0.5) is 0 Å². The molecular weight excluding hydrogens is 270 g/mol. The number of amides is 1. The highest BCUT2D eigenvalue weighted by molar-refractivity contribution is 7.89. The molecule has 0 aliphatic heterocycles. The number of hydrogen-bond donors (Lipinski definition) is 3. The molecule has 19 heavy (non-hydrogen) atoms. The lowest BCUT2D eigenvalue weighted by Gasteiger charge is -2.15. The maximum atomic E-state index is 11.6. The van der Waals surface area contributed by atoms with Crippen LogP contribution in [-0.4, -0.2) is 32.4 Å². The summed E-state index contributed by atoms with van der Waals surface area (Å²) in [5.74, 6) is -1.48. The molecule has 1 radical (unpaired) electrons. The van der Waals surface area contributed by atoms with E-state index in [0.717, 1.165) is 0 Å². The third kappa shape index (κ3) is 5.16. The Morgan fingerprint density at radius 2 is 1.89 bits per heavy atom. The lowest BCUT2D eigenvalue weighted by atomic mass is 10.1. The molecule has 1 amide bonds. The molecule has 0 aromatic heterocycles. The zero-order valence-electron chi connectivity index (χ0n) is 9.94. The number of nitrogens with one attached hydrogen (secondary N) is 1. The molecular formula is C11H14N3O4S. The van der Waals surface area contributed by atoms with Gasteiger partial charge >= 0.3 is 0 Å². The minimum Gasteiger partial charge on any atom is -0.340 e. The lowest BCUT2D eigenvalue weighted by Crippen LogP contribution is -2.47. The average Bonchev–Trinajstić information content (AvgIpc) is 2.34. The van der Waals surface area contributed by atoms with E-state index in [9.17, 15) is 18.0 Å². The van der Waals surface area contributed by atoms with E-state index in [1.807, 2.05) is 0 Å². The minimum absolute atomic E-state index is 0.522. The van der Waals surface area contributed by atoms with Crippen molar-refractivity contribution in [1.29, 1.82) is 0 Å². The monoisotopic (exact) mass is 284 g/mol. The van der Waals surface area contributed by atoms with Crippen LogP contribution >= 0.6 is 0 Å². The fraction of sp³-hybridized carbons (Fsp3) is 0.273. The van der Waals surface area contributed by atoms with Crippen LogP contribution in [0.1, 0.15) is 11.6 Å². The molecule has 1 rings (SSSR count). The number of hydrogen-bond acceptors (Lipinski definition) is 5. The minimum atomic E-state index is -3.86. The van der Waals surface area contributed by atoms with Gasteiger partial charge in [0, 0.05) is 0 Å². The molecule has 0 aliphatic rings. The van der Waals surface area contributed by atoms with Crippen molar-refractivity contribution in [3.63, 3.8) is 0 Å². The van der Waals surface area contributed by atoms with Crippen LogP contribution in [0.2, 0.25) is 0 Å². The highest BCUT2D eigenvalue weighted by Crippen LogP contribution is 2.09. The van der Waals surface area contributed by atoms with Crippen LogP contribution < -0.4 is 16.2 Å². The first-order chi connectivity index (χ1) is 8.83. The Kier molecular flexibility index (Phi) is 5.16. The normalized spacial score (nSPS) is 14.4. The lowest BCUT2D eigenvalue weighted by molar-refractivity contribution is -0.122. The average molecular weight is 284 g/mol. The van der Waals surface area contributed by atoms with Crippen molar-refractivity contribution < 1.29 is 18.0 Å². The second-order valence-corrected chi connectivity index (χ2v) is 5.57. The van der Waals surface area contributed by atoms with E-state index >= 15 is 0 Å². The third-order valence-electron chi connectivity index (χ3n) is 2.29. The Hall–Kier alpha value is -1.77. The zero-order valence-corrected chi connectivity index (χ0v) is 10.8. The Morgan fingerprint density at radius 3 is 2.37 bits per heavy atom. The van der Waals surface area contributed by atoms with Gasteiger partial charge in [-0.2, -0.15) is 0 Å². The quantitative estimate of drug-likeness (QED) is 0.589. The van der Waals surface area contributed by atoms with Gasteiger partial charge in [0.15, 0.2) is 0 Å². The van der Waals surface area contributed by atoms with Gasteiger partial charge < -0.3 is 11.1 Å². The molecule has 0 spiro atoms. The van der Waals surface area contributed by atoms with Crippen molar-refractivity contribution in [3.05, 3.63) is 35.9 Å². The Labute approximate surface area is 111 Å². The number of sulfonamides is 1. The SMILES string of the molecule is NC(CS(N)(=O)=O)C(=O)NC([C]=O)c1ccccc1. The zero-order chi connectivity index (χ0) is 14.5. The summed E-state index contributed by atoms with van der Waals surface area (Å²) in [6.45, 7) is 0. The van der Waals surface area contributed by atoms with E-state index in [0.29, 0.717) is 5.56 Å². The maximum Gasteiger partial charge on any atom is 0.238 e. The van der Waals surface area contributed by atoms with Gasteiger partial charge in [0.1, 0.15) is 6.04 Å². The van der Waals surface area contributed by atoms with Gasteiger partial charge in [-0.15, -0.1) is 0 Å². The van der Waals surface area contributed by atoms with Gasteiger partial charge in [-0.05, 0) is 5.56 Å². The summed E-state index contributed by atoms with van der Waals surface area (Å²) in [4.78, 5) is 22.5. The molecule has 0 aliphatic carbocycles. The highest BCUT2D eigenvalue weighted by Gasteiger charge is 2.22. The van der Waals surface area contributed by atoms with Gasteiger partial charge in [0.25, 0.3) is 0 Å². The van der Waals surface area contributed by atoms with E-state index in [2.05, 4.69) is 5.32 Å². The first kappa shape index (κ1) is 15.3. The molecule has 0 saturated carbocycles. The molecule has 8 heteroatoms. The summed E-state index contributed by atoms with van der Waals surface area (Å²) in [6, 6.07) is 6.04. The van der Waals surface area contributed by atoms with E-state index in [1.54, 1.807) is 36.6 Å². The summed E-state index contributed by atoms with van der Waals surface area (Å²) in [7, 11) is -3.86. The molecule has 1 aromatic carbocycles. The van der Waals surface area contributed by atoms with Gasteiger partial charge in [-0.25, -0.2) is 13.6 Å².